The van der Waals surface area contributed by atoms with E-state index in [0.29, 0.717) is 17.9 Å². The zero-order valence-corrected chi connectivity index (χ0v) is 13.4. The van der Waals surface area contributed by atoms with Crippen molar-refractivity contribution in [2.75, 3.05) is 7.11 Å². The number of aryl methyl sites for hydroxylation is 1. The van der Waals surface area contributed by atoms with Gasteiger partial charge in [-0.15, -0.1) is 5.10 Å². The van der Waals surface area contributed by atoms with Crippen molar-refractivity contribution in [3.63, 3.8) is 0 Å². The standard InChI is InChI=1S/C17H17N5O2/c1-22-16(19-20-21-22)13-6-4-7-14(10-13)17(23)18-11-12-5-3-8-15(9-12)24-2/h3-10H,11H2,1-2H3,(H,18,23). The molecule has 0 saturated heterocycles. The largest absolute Gasteiger partial charge is 0.497 e. The van der Waals surface area contributed by atoms with Crippen molar-refractivity contribution in [2.24, 2.45) is 7.05 Å². The first kappa shape index (κ1) is 15.7. The van der Waals surface area contributed by atoms with Crippen LogP contribution in [0.2, 0.25) is 0 Å². The van der Waals surface area contributed by atoms with E-state index in [1.54, 1.807) is 31.0 Å². The molecule has 0 unspecified atom stereocenters. The van der Waals surface area contributed by atoms with Gasteiger partial charge < -0.3 is 10.1 Å². The van der Waals surface area contributed by atoms with Gasteiger partial charge in [-0.2, -0.15) is 0 Å². The average Bonchev–Trinajstić information content (AvgIpc) is 3.06. The van der Waals surface area contributed by atoms with Crippen LogP contribution >= 0.6 is 0 Å². The molecular weight excluding hydrogens is 306 g/mol. The highest BCUT2D eigenvalue weighted by Gasteiger charge is 2.10. The Morgan fingerprint density at radius 3 is 2.79 bits per heavy atom. The molecule has 1 aromatic heterocycles. The van der Waals surface area contributed by atoms with E-state index >= 15 is 0 Å². The minimum absolute atomic E-state index is 0.158. The Morgan fingerprint density at radius 1 is 1.21 bits per heavy atom. The number of carbonyl (C=O) groups excluding carboxylic acids is 1. The molecule has 1 amide bonds. The predicted molar refractivity (Wildman–Crippen MR) is 88.4 cm³/mol. The number of ether oxygens (including phenoxy) is 1. The molecule has 0 fully saturated rings. The molecule has 1 heterocycles. The van der Waals surface area contributed by atoms with Gasteiger partial charge in [0.2, 0.25) is 0 Å². The van der Waals surface area contributed by atoms with Gasteiger partial charge >= 0.3 is 0 Å². The Labute approximate surface area is 139 Å². The summed E-state index contributed by atoms with van der Waals surface area (Å²) in [6, 6.07) is 14.8. The van der Waals surface area contributed by atoms with Crippen LogP contribution < -0.4 is 10.1 Å². The van der Waals surface area contributed by atoms with E-state index in [1.807, 2.05) is 36.4 Å². The number of rotatable bonds is 5. The molecule has 3 aromatic rings. The Kier molecular flexibility index (Phi) is 4.51. The molecule has 0 radical (unpaired) electrons. The van der Waals surface area contributed by atoms with Gasteiger partial charge in [0.1, 0.15) is 5.75 Å². The normalized spacial score (nSPS) is 10.4. The van der Waals surface area contributed by atoms with Crippen LogP contribution in [0.1, 0.15) is 15.9 Å². The van der Waals surface area contributed by atoms with E-state index in [2.05, 4.69) is 20.8 Å². The molecule has 24 heavy (non-hydrogen) atoms. The van der Waals surface area contributed by atoms with Crippen LogP contribution in [-0.2, 0) is 13.6 Å². The fraction of sp³-hybridized carbons (Fsp3) is 0.176. The molecular formula is C17H17N5O2. The lowest BCUT2D eigenvalue weighted by atomic mass is 10.1. The number of nitrogens with one attached hydrogen (secondary N) is 1. The van der Waals surface area contributed by atoms with Gasteiger partial charge in [-0.3, -0.25) is 4.79 Å². The summed E-state index contributed by atoms with van der Waals surface area (Å²) in [6.45, 7) is 0.422. The first-order valence-electron chi connectivity index (χ1n) is 7.41. The molecule has 0 bridgehead atoms. The van der Waals surface area contributed by atoms with Gasteiger partial charge in [0.25, 0.3) is 5.91 Å². The molecule has 0 atom stereocenters. The molecule has 0 spiro atoms. The highest BCUT2D eigenvalue weighted by atomic mass is 16.5. The monoisotopic (exact) mass is 323 g/mol. The fourth-order valence-electron chi connectivity index (χ4n) is 2.34. The van der Waals surface area contributed by atoms with Crippen LogP contribution in [0.25, 0.3) is 11.4 Å². The number of tetrazole rings is 1. The maximum absolute atomic E-state index is 12.4. The van der Waals surface area contributed by atoms with Crippen molar-refractivity contribution < 1.29 is 9.53 Å². The number of hydrogen-bond acceptors (Lipinski definition) is 5. The van der Waals surface area contributed by atoms with Gasteiger partial charge in [-0.05, 0) is 40.3 Å². The zero-order valence-electron chi connectivity index (χ0n) is 13.4. The summed E-state index contributed by atoms with van der Waals surface area (Å²) in [7, 11) is 3.37. The highest BCUT2D eigenvalue weighted by molar-refractivity contribution is 5.95. The maximum atomic E-state index is 12.4. The molecule has 122 valence electrons. The summed E-state index contributed by atoms with van der Waals surface area (Å²) in [6.07, 6.45) is 0. The number of aromatic nitrogens is 4. The Morgan fingerprint density at radius 2 is 2.04 bits per heavy atom. The van der Waals surface area contributed by atoms with Crippen LogP contribution in [0, 0.1) is 0 Å². The quantitative estimate of drug-likeness (QED) is 0.774. The Bertz CT molecular complexity index is 859. The second-order valence-corrected chi connectivity index (χ2v) is 5.24. The maximum Gasteiger partial charge on any atom is 0.251 e. The second-order valence-electron chi connectivity index (χ2n) is 5.24. The van der Waals surface area contributed by atoms with Crippen LogP contribution in [-0.4, -0.2) is 33.2 Å². The van der Waals surface area contributed by atoms with E-state index in [1.165, 1.54) is 0 Å². The average molecular weight is 323 g/mol. The lowest BCUT2D eigenvalue weighted by Crippen LogP contribution is -2.22. The van der Waals surface area contributed by atoms with E-state index in [0.717, 1.165) is 16.9 Å². The molecule has 0 aliphatic carbocycles. The summed E-state index contributed by atoms with van der Waals surface area (Å²) < 4.78 is 6.74. The number of methoxy groups -OCH3 is 1. The van der Waals surface area contributed by atoms with Gasteiger partial charge in [-0.25, -0.2) is 4.68 Å². The summed E-state index contributed by atoms with van der Waals surface area (Å²) in [4.78, 5) is 12.4. The van der Waals surface area contributed by atoms with E-state index in [-0.39, 0.29) is 5.91 Å². The first-order chi connectivity index (χ1) is 11.7. The van der Waals surface area contributed by atoms with E-state index in [9.17, 15) is 4.79 Å². The van der Waals surface area contributed by atoms with Crippen LogP contribution in [0.3, 0.4) is 0 Å². The lowest BCUT2D eigenvalue weighted by molar-refractivity contribution is 0.0951. The zero-order chi connectivity index (χ0) is 16.9. The fourth-order valence-corrected chi connectivity index (χ4v) is 2.34. The third-order valence-corrected chi connectivity index (χ3v) is 3.59. The third-order valence-electron chi connectivity index (χ3n) is 3.59. The summed E-state index contributed by atoms with van der Waals surface area (Å²) >= 11 is 0. The summed E-state index contributed by atoms with van der Waals surface area (Å²) in [5, 5.41) is 14.3. The van der Waals surface area contributed by atoms with E-state index in [4.69, 9.17) is 4.74 Å². The van der Waals surface area contributed by atoms with Gasteiger partial charge in [-0.1, -0.05) is 24.3 Å². The smallest absolute Gasteiger partial charge is 0.251 e. The number of hydrogen-bond donors (Lipinski definition) is 1. The van der Waals surface area contributed by atoms with Crippen molar-refractivity contribution in [3.8, 4) is 17.1 Å². The topological polar surface area (TPSA) is 81.9 Å². The SMILES string of the molecule is COc1cccc(CNC(=O)c2cccc(-c3nnnn3C)c2)c1. The summed E-state index contributed by atoms with van der Waals surface area (Å²) in [5.74, 6) is 1.21. The number of nitrogens with zero attached hydrogens (tertiary/aromatic N) is 4. The first-order valence-corrected chi connectivity index (χ1v) is 7.41. The van der Waals surface area contributed by atoms with Crippen LogP contribution in [0.5, 0.6) is 5.75 Å². The van der Waals surface area contributed by atoms with Crippen molar-refractivity contribution in [3.05, 3.63) is 59.7 Å². The van der Waals surface area contributed by atoms with Gasteiger partial charge in [0, 0.05) is 24.7 Å². The van der Waals surface area contributed by atoms with Crippen molar-refractivity contribution >= 4 is 5.91 Å². The van der Waals surface area contributed by atoms with Gasteiger partial charge in [0.15, 0.2) is 5.82 Å². The molecule has 0 aliphatic rings. The summed E-state index contributed by atoms with van der Waals surface area (Å²) in [5.41, 5.74) is 2.31. The number of amides is 1. The second kappa shape index (κ2) is 6.91. The Balaban J connectivity index is 1.72. The van der Waals surface area contributed by atoms with Crippen molar-refractivity contribution in [1.29, 1.82) is 0 Å². The molecule has 0 saturated carbocycles. The minimum atomic E-state index is -0.158. The highest BCUT2D eigenvalue weighted by Crippen LogP contribution is 2.17. The Hall–Kier alpha value is -3.22. The molecule has 7 nitrogen and oxygen atoms in total. The lowest BCUT2D eigenvalue weighted by Gasteiger charge is -2.08. The molecule has 3 rings (SSSR count). The molecule has 0 aliphatic heterocycles. The third kappa shape index (κ3) is 3.40. The predicted octanol–water partition coefficient (Wildman–Crippen LogP) is 1.82. The van der Waals surface area contributed by atoms with Crippen LogP contribution in [0.4, 0.5) is 0 Å². The van der Waals surface area contributed by atoms with E-state index < -0.39 is 0 Å². The number of carbonyl (C=O) groups is 1. The minimum Gasteiger partial charge on any atom is -0.497 e. The van der Waals surface area contributed by atoms with Crippen molar-refractivity contribution in [1.82, 2.24) is 25.5 Å². The molecule has 1 N–H and O–H groups in total. The molecule has 7 heteroatoms. The number of benzene rings is 2. The van der Waals surface area contributed by atoms with Gasteiger partial charge in [0.05, 0.1) is 7.11 Å². The molecule has 2 aromatic carbocycles. The van der Waals surface area contributed by atoms with Crippen LogP contribution in [0.15, 0.2) is 48.5 Å². The van der Waals surface area contributed by atoms with Crippen molar-refractivity contribution in [2.45, 2.75) is 6.54 Å².